The molecule has 1 aliphatic carbocycles. The molecule has 2 aromatic carbocycles. The van der Waals surface area contributed by atoms with Crippen LogP contribution in [0.1, 0.15) is 82.8 Å². The summed E-state index contributed by atoms with van der Waals surface area (Å²) in [5.74, 6) is -2.18. The summed E-state index contributed by atoms with van der Waals surface area (Å²) < 4.78 is 21.1. The van der Waals surface area contributed by atoms with Gasteiger partial charge in [0, 0.05) is 42.8 Å². The van der Waals surface area contributed by atoms with Crippen LogP contribution in [0.4, 0.5) is 0 Å². The highest BCUT2D eigenvalue weighted by molar-refractivity contribution is 14.1. The number of carbonyl (C=O) groups is 3. The number of aliphatic hydroxyl groups excluding tert-OH is 1. The number of carbonyl (C=O) groups excluding carboxylic acids is 3. The second kappa shape index (κ2) is 16.6. The van der Waals surface area contributed by atoms with Gasteiger partial charge in [0.05, 0.1) is 13.2 Å². The SMILES string of the molecule is CCCCCC1(CCCCC)OC2C3CC4(C(=O)N(C)C(Cc5ccccc5)C(=O)NCCO)C(ON(Cc5ccccc5I)C4C(=O)O3)C2O1. The number of hydrogen-bond donors (Lipinski definition) is 2. The van der Waals surface area contributed by atoms with E-state index in [1.807, 2.05) is 54.6 Å². The van der Waals surface area contributed by atoms with Crippen molar-refractivity contribution in [2.24, 2.45) is 5.41 Å². The number of unbranched alkanes of at least 4 members (excludes halogenated alkanes) is 4. The van der Waals surface area contributed by atoms with Crippen LogP contribution in [-0.2, 0) is 46.4 Å². The quantitative estimate of drug-likeness (QED) is 0.130. The molecule has 2 aromatic rings. The zero-order valence-electron chi connectivity index (χ0n) is 29.9. The molecule has 3 aliphatic heterocycles. The topological polar surface area (TPSA) is 127 Å². The van der Waals surface area contributed by atoms with E-state index < -0.39 is 53.7 Å². The van der Waals surface area contributed by atoms with Gasteiger partial charge in [0.25, 0.3) is 0 Å². The van der Waals surface area contributed by atoms with Gasteiger partial charge < -0.3 is 29.5 Å². The van der Waals surface area contributed by atoms with Crippen LogP contribution in [0.2, 0.25) is 0 Å². The van der Waals surface area contributed by atoms with E-state index >= 15 is 4.79 Å². The lowest BCUT2D eigenvalue weighted by Crippen LogP contribution is -2.70. The third-order valence-electron chi connectivity index (χ3n) is 11.0. The monoisotopic (exact) mass is 817 g/mol. The summed E-state index contributed by atoms with van der Waals surface area (Å²) >= 11 is 2.27. The van der Waals surface area contributed by atoms with Crippen molar-refractivity contribution >= 4 is 40.4 Å². The second-order valence-electron chi connectivity index (χ2n) is 14.4. The second-order valence-corrected chi connectivity index (χ2v) is 15.6. The maximum atomic E-state index is 15.4. The molecule has 6 rings (SSSR count). The number of amides is 2. The zero-order chi connectivity index (χ0) is 36.2. The average Bonchev–Trinajstić information content (AvgIpc) is 3.69. The highest BCUT2D eigenvalue weighted by Crippen LogP contribution is 2.58. The number of hydroxylamine groups is 2. The Morgan fingerprint density at radius 2 is 1.67 bits per heavy atom. The molecule has 4 aliphatic rings. The van der Waals surface area contributed by atoms with E-state index in [9.17, 15) is 14.7 Å². The standard InChI is InChI=1S/C39H52IN3O8/c1-4-6-13-19-38(20-14-7-5-2)49-31-30-24-39(37(47)42(3)29(35(45)41-21-22-44)23-26-15-9-8-10-16-26)33(36(46)48-30)43(51-34(39)32(31)50-38)25-27-17-11-12-18-28(27)40/h8-12,15-18,29-34,44H,4-7,13-14,19-25H2,1-3H3,(H,41,45). The number of esters is 1. The van der Waals surface area contributed by atoms with E-state index in [0.717, 1.165) is 53.2 Å². The number of rotatable bonds is 17. The van der Waals surface area contributed by atoms with E-state index in [0.29, 0.717) is 12.8 Å². The minimum absolute atomic E-state index is 0.0522. The van der Waals surface area contributed by atoms with Gasteiger partial charge in [-0.15, -0.1) is 0 Å². The maximum absolute atomic E-state index is 15.4. The van der Waals surface area contributed by atoms with Crippen molar-refractivity contribution in [2.75, 3.05) is 20.2 Å². The van der Waals surface area contributed by atoms with Crippen molar-refractivity contribution in [2.45, 2.75) is 127 Å². The van der Waals surface area contributed by atoms with Gasteiger partial charge in [-0.25, -0.2) is 0 Å². The Morgan fingerprint density at radius 3 is 2.33 bits per heavy atom. The van der Waals surface area contributed by atoms with Crippen LogP contribution in [0.15, 0.2) is 54.6 Å². The van der Waals surface area contributed by atoms with Crippen molar-refractivity contribution in [3.8, 4) is 0 Å². The smallest absolute Gasteiger partial charge is 0.327 e. The zero-order valence-corrected chi connectivity index (χ0v) is 32.1. The van der Waals surface area contributed by atoms with Crippen LogP contribution in [0.3, 0.4) is 0 Å². The van der Waals surface area contributed by atoms with Crippen molar-refractivity contribution in [1.82, 2.24) is 15.3 Å². The largest absolute Gasteiger partial charge is 0.458 e. The highest BCUT2D eigenvalue weighted by atomic mass is 127. The van der Waals surface area contributed by atoms with Crippen LogP contribution >= 0.6 is 22.6 Å². The third-order valence-corrected chi connectivity index (χ3v) is 12.1. The molecular weight excluding hydrogens is 765 g/mol. The number of halogens is 1. The summed E-state index contributed by atoms with van der Waals surface area (Å²) in [5.41, 5.74) is 0.412. The van der Waals surface area contributed by atoms with Crippen molar-refractivity contribution in [3.05, 3.63) is 69.3 Å². The maximum Gasteiger partial charge on any atom is 0.327 e. The molecular formula is C39H52IN3O8. The first-order valence-corrected chi connectivity index (χ1v) is 19.7. The first-order valence-electron chi connectivity index (χ1n) is 18.6. The average molecular weight is 818 g/mol. The predicted octanol–water partition coefficient (Wildman–Crippen LogP) is 4.91. The first kappa shape index (κ1) is 38.1. The molecule has 3 saturated heterocycles. The molecule has 11 nitrogen and oxygen atoms in total. The summed E-state index contributed by atoms with van der Waals surface area (Å²) in [4.78, 5) is 51.7. The molecule has 51 heavy (non-hydrogen) atoms. The minimum atomic E-state index is -1.41. The van der Waals surface area contributed by atoms with Crippen LogP contribution in [-0.4, -0.2) is 95.3 Å². The Balaban J connectivity index is 1.40. The van der Waals surface area contributed by atoms with Gasteiger partial charge >= 0.3 is 5.97 Å². The van der Waals surface area contributed by atoms with Gasteiger partial charge in [-0.05, 0) is 52.6 Å². The molecule has 12 heteroatoms. The van der Waals surface area contributed by atoms with Crippen LogP contribution < -0.4 is 5.32 Å². The van der Waals surface area contributed by atoms with Crippen LogP contribution in [0.25, 0.3) is 0 Å². The third kappa shape index (κ3) is 7.59. The lowest BCUT2D eigenvalue weighted by molar-refractivity contribution is -0.225. The van der Waals surface area contributed by atoms with Gasteiger partial charge in [-0.1, -0.05) is 88.1 Å². The molecule has 278 valence electrons. The van der Waals surface area contributed by atoms with Gasteiger partial charge in [0.2, 0.25) is 11.8 Å². The molecule has 1 saturated carbocycles. The van der Waals surface area contributed by atoms with Gasteiger partial charge in [-0.2, -0.15) is 5.06 Å². The Bertz CT molecular complexity index is 1520. The van der Waals surface area contributed by atoms with E-state index in [2.05, 4.69) is 41.8 Å². The lowest BCUT2D eigenvalue weighted by Gasteiger charge is -2.50. The number of ether oxygens (including phenoxy) is 3. The number of nitrogens with zero attached hydrogens (tertiary/aromatic N) is 2. The Hall–Kier alpha value is -2.62. The number of fused-ring (bicyclic) bond motifs is 4. The van der Waals surface area contributed by atoms with E-state index in [1.165, 1.54) is 4.90 Å². The Kier molecular flexibility index (Phi) is 12.4. The number of nitrogens with one attached hydrogen (secondary N) is 1. The Labute approximate surface area is 314 Å². The summed E-state index contributed by atoms with van der Waals surface area (Å²) in [6.45, 7) is 4.40. The summed E-state index contributed by atoms with van der Waals surface area (Å²) in [5, 5.41) is 13.9. The Morgan fingerprint density at radius 1 is 1.00 bits per heavy atom. The number of likely N-dealkylation sites (N-methyl/N-ethyl adjacent to an activating group) is 1. The summed E-state index contributed by atoms with van der Waals surface area (Å²) in [6, 6.07) is 15.4. The summed E-state index contributed by atoms with van der Waals surface area (Å²) in [7, 11) is 1.62. The molecule has 0 radical (unpaired) electrons. The fourth-order valence-electron chi connectivity index (χ4n) is 8.48. The van der Waals surface area contributed by atoms with E-state index in [4.69, 9.17) is 19.0 Å². The normalized spacial score (nSPS) is 28.2. The molecule has 7 unspecified atom stereocenters. The molecule has 2 amide bonds. The fourth-order valence-corrected chi connectivity index (χ4v) is 9.04. The van der Waals surface area contributed by atoms with Gasteiger partial charge in [0.1, 0.15) is 35.9 Å². The van der Waals surface area contributed by atoms with Gasteiger partial charge in [-0.3, -0.25) is 19.2 Å². The predicted molar refractivity (Wildman–Crippen MR) is 198 cm³/mol. The molecule has 2 bridgehead atoms. The molecule has 4 fully saturated rings. The van der Waals surface area contributed by atoms with Gasteiger partial charge in [0.15, 0.2) is 11.8 Å². The molecule has 3 heterocycles. The van der Waals surface area contributed by atoms with Crippen molar-refractivity contribution in [1.29, 1.82) is 0 Å². The highest BCUT2D eigenvalue weighted by Gasteiger charge is 2.76. The number of aliphatic hydroxyl groups is 1. The number of benzene rings is 2. The fraction of sp³-hybridized carbons (Fsp3) is 0.615. The molecule has 2 N–H and O–H groups in total. The minimum Gasteiger partial charge on any atom is -0.458 e. The lowest BCUT2D eigenvalue weighted by atomic mass is 9.62. The van der Waals surface area contributed by atoms with E-state index in [1.54, 1.807) is 12.1 Å². The first-order chi connectivity index (χ1) is 24.7. The van der Waals surface area contributed by atoms with Crippen LogP contribution in [0, 0.1) is 8.99 Å². The number of hydrogen-bond acceptors (Lipinski definition) is 9. The molecule has 0 spiro atoms. The summed E-state index contributed by atoms with van der Waals surface area (Å²) in [6.07, 6.45) is 5.02. The molecule has 7 atom stereocenters. The molecule has 0 aromatic heterocycles. The van der Waals surface area contributed by atoms with E-state index in [-0.39, 0.29) is 44.4 Å². The van der Waals surface area contributed by atoms with Crippen LogP contribution in [0.5, 0.6) is 0 Å². The van der Waals surface area contributed by atoms with Crippen molar-refractivity contribution in [3.63, 3.8) is 0 Å². The van der Waals surface area contributed by atoms with Crippen molar-refractivity contribution < 1.29 is 38.5 Å².